The van der Waals surface area contributed by atoms with Gasteiger partial charge in [-0.25, -0.2) is 0 Å². The van der Waals surface area contributed by atoms with Crippen molar-refractivity contribution in [2.75, 3.05) is 57.9 Å². The monoisotopic (exact) mass is 622 g/mol. The second kappa shape index (κ2) is 12.9. The second-order valence-corrected chi connectivity index (χ2v) is 13.6. The number of carbonyl (C=O) groups is 3. The number of halogens is 1. The van der Waals surface area contributed by atoms with Gasteiger partial charge in [-0.1, -0.05) is 47.0 Å². The van der Waals surface area contributed by atoms with Crippen molar-refractivity contribution in [1.82, 2.24) is 15.1 Å². The predicted octanol–water partition coefficient (Wildman–Crippen LogP) is 2.09. The first kappa shape index (κ1) is 28.9. The molecule has 4 aliphatic heterocycles. The molecule has 3 amide bonds. The molecule has 4 aliphatic rings. The van der Waals surface area contributed by atoms with Gasteiger partial charge in [0, 0.05) is 55.1 Å². The highest BCUT2D eigenvalue weighted by Gasteiger charge is 2.75. The van der Waals surface area contributed by atoms with Crippen molar-refractivity contribution in [3.05, 3.63) is 30.3 Å². The lowest BCUT2D eigenvalue weighted by Crippen LogP contribution is -2.55. The lowest BCUT2D eigenvalue weighted by molar-refractivity contribution is -0.139. The van der Waals surface area contributed by atoms with Gasteiger partial charge in [0.2, 0.25) is 17.7 Å². The Morgan fingerprint density at radius 3 is 2.56 bits per heavy atom. The van der Waals surface area contributed by atoms with Gasteiger partial charge in [0.25, 0.3) is 0 Å². The number of benzene rings is 1. The zero-order chi connectivity index (χ0) is 27.4. The number of alkyl halides is 1. The molecular formula is C28H39BrN4O5S. The summed E-state index contributed by atoms with van der Waals surface area (Å²) in [5.74, 6) is -1.39. The summed E-state index contributed by atoms with van der Waals surface area (Å²) in [6.07, 6.45) is 3.93. The quantitative estimate of drug-likeness (QED) is 0.242. The summed E-state index contributed by atoms with van der Waals surface area (Å²) in [7, 11) is 0. The number of nitrogens with one attached hydrogen (secondary N) is 2. The van der Waals surface area contributed by atoms with Crippen LogP contribution in [-0.4, -0.2) is 106 Å². The third kappa shape index (κ3) is 5.88. The van der Waals surface area contributed by atoms with Crippen LogP contribution in [0.25, 0.3) is 0 Å². The van der Waals surface area contributed by atoms with E-state index in [1.807, 2.05) is 30.3 Å². The summed E-state index contributed by atoms with van der Waals surface area (Å²) in [4.78, 5) is 45.7. The molecule has 9 nitrogen and oxygen atoms in total. The Morgan fingerprint density at radius 1 is 1.08 bits per heavy atom. The normalized spacial score (nSPS) is 31.9. The molecule has 4 saturated heterocycles. The van der Waals surface area contributed by atoms with Crippen LogP contribution in [0, 0.1) is 11.8 Å². The van der Waals surface area contributed by atoms with E-state index in [0.29, 0.717) is 38.4 Å². The number of para-hydroxylation sites is 1. The Hall–Kier alpha value is -1.66. The number of morpholine rings is 1. The van der Waals surface area contributed by atoms with Crippen LogP contribution in [0.1, 0.15) is 32.1 Å². The number of aliphatic hydroxyl groups excluding tert-OH is 1. The number of nitrogens with zero attached hydrogens (tertiary/aromatic N) is 2. The molecule has 2 bridgehead atoms. The fourth-order valence-corrected chi connectivity index (χ4v) is 10.3. The van der Waals surface area contributed by atoms with Crippen molar-refractivity contribution in [3.63, 3.8) is 0 Å². The lowest BCUT2D eigenvalue weighted by Gasteiger charge is -2.35. The fraction of sp³-hybridized carbons (Fsp3) is 0.679. The van der Waals surface area contributed by atoms with Crippen LogP contribution in [0.5, 0.6) is 0 Å². The van der Waals surface area contributed by atoms with E-state index < -0.39 is 22.6 Å². The Balaban J connectivity index is 1.35. The van der Waals surface area contributed by atoms with Crippen LogP contribution in [0.2, 0.25) is 0 Å². The largest absolute Gasteiger partial charge is 0.396 e. The zero-order valence-electron chi connectivity index (χ0n) is 22.2. The first-order valence-corrected chi connectivity index (χ1v) is 15.9. The molecule has 39 heavy (non-hydrogen) atoms. The van der Waals surface area contributed by atoms with Gasteiger partial charge >= 0.3 is 0 Å². The number of aliphatic hydroxyl groups is 1. The molecule has 1 aromatic carbocycles. The van der Waals surface area contributed by atoms with E-state index in [-0.39, 0.29) is 34.4 Å². The maximum absolute atomic E-state index is 14.1. The number of ether oxygens (including phenoxy) is 1. The molecule has 5 rings (SSSR count). The summed E-state index contributed by atoms with van der Waals surface area (Å²) in [5.41, 5.74) is 0.707. The van der Waals surface area contributed by atoms with Gasteiger partial charge in [-0.15, -0.1) is 11.8 Å². The van der Waals surface area contributed by atoms with E-state index in [1.165, 1.54) is 0 Å². The van der Waals surface area contributed by atoms with E-state index in [1.54, 1.807) is 16.7 Å². The number of unbranched alkanes of at least 4 members (excludes halogenated alkanes) is 3. The molecule has 3 N–H and O–H groups in total. The number of anilines is 1. The maximum atomic E-state index is 14.1. The molecule has 0 radical (unpaired) electrons. The van der Waals surface area contributed by atoms with Crippen molar-refractivity contribution in [2.45, 2.75) is 53.0 Å². The molecule has 1 aromatic rings. The first-order valence-electron chi connectivity index (χ1n) is 14.1. The Morgan fingerprint density at radius 2 is 1.82 bits per heavy atom. The minimum absolute atomic E-state index is 0.0474. The van der Waals surface area contributed by atoms with Crippen molar-refractivity contribution in [3.8, 4) is 0 Å². The van der Waals surface area contributed by atoms with Crippen LogP contribution >= 0.6 is 27.7 Å². The molecule has 214 valence electrons. The molecule has 4 heterocycles. The van der Waals surface area contributed by atoms with Gasteiger partial charge in [0.05, 0.1) is 29.8 Å². The number of likely N-dealkylation sites (tertiary alicyclic amines) is 1. The zero-order valence-corrected chi connectivity index (χ0v) is 24.6. The van der Waals surface area contributed by atoms with Gasteiger partial charge in [-0.2, -0.15) is 0 Å². The first-order chi connectivity index (χ1) is 19.0. The van der Waals surface area contributed by atoms with Gasteiger partial charge in [0.15, 0.2) is 0 Å². The molecule has 0 aliphatic carbocycles. The average molecular weight is 624 g/mol. The number of rotatable bonds is 12. The van der Waals surface area contributed by atoms with Crippen molar-refractivity contribution >= 4 is 51.1 Å². The number of amides is 3. The van der Waals surface area contributed by atoms with Crippen LogP contribution in [-0.2, 0) is 19.1 Å². The van der Waals surface area contributed by atoms with Crippen LogP contribution in [0.4, 0.5) is 5.69 Å². The molecule has 3 unspecified atom stereocenters. The minimum atomic E-state index is -0.636. The lowest BCUT2D eigenvalue weighted by atomic mass is 9.70. The molecular weight excluding hydrogens is 584 g/mol. The smallest absolute Gasteiger partial charge is 0.244 e. The van der Waals surface area contributed by atoms with E-state index >= 15 is 0 Å². The number of carbonyl (C=O) groups excluding carboxylic acids is 3. The van der Waals surface area contributed by atoms with E-state index in [2.05, 4.69) is 31.5 Å². The van der Waals surface area contributed by atoms with Crippen molar-refractivity contribution < 1.29 is 24.2 Å². The number of hydrogen-bond donors (Lipinski definition) is 3. The second-order valence-electron chi connectivity index (χ2n) is 10.9. The van der Waals surface area contributed by atoms with Gasteiger partial charge in [-0.3, -0.25) is 19.3 Å². The van der Waals surface area contributed by atoms with E-state index in [0.717, 1.165) is 45.3 Å². The highest BCUT2D eigenvalue weighted by Crippen LogP contribution is 2.67. The predicted molar refractivity (Wildman–Crippen MR) is 155 cm³/mol. The highest BCUT2D eigenvalue weighted by molar-refractivity contribution is 9.09. The standard InChI is InChI=1S/C28H39BrN4O5S/c29-20-18-28-22(21(23(20)39-28)25(35)31-19-8-4-3-5-9-19)27(37)33(11-6-1-2-7-15-34)24(28)26(36)30-10-12-32-13-16-38-17-14-32/h3-5,8-9,20-24,34H,1-2,6-7,10-18H2,(H,30,36)(H,31,35)/t20?,21-,22+,23-,24?,28?/m1/s1. The van der Waals surface area contributed by atoms with E-state index in [9.17, 15) is 14.4 Å². The van der Waals surface area contributed by atoms with Gasteiger partial charge in [0.1, 0.15) is 6.04 Å². The SMILES string of the molecule is O=C(NCCN1CCOCC1)C1N(CCCCCCO)C(=O)[C@@H]2[C@@H](C(=O)Nc3ccccc3)[C@@H]3SC12CC3Br. The molecule has 0 aromatic heterocycles. The third-order valence-corrected chi connectivity index (χ3v) is 11.7. The number of thioether (sulfide) groups is 1. The Labute approximate surface area is 242 Å². The van der Waals surface area contributed by atoms with Crippen LogP contribution in [0.15, 0.2) is 30.3 Å². The van der Waals surface area contributed by atoms with Crippen LogP contribution in [0.3, 0.4) is 0 Å². The minimum Gasteiger partial charge on any atom is -0.396 e. The van der Waals surface area contributed by atoms with Crippen molar-refractivity contribution in [1.29, 1.82) is 0 Å². The van der Waals surface area contributed by atoms with Crippen LogP contribution < -0.4 is 10.6 Å². The molecule has 1 spiro atoms. The van der Waals surface area contributed by atoms with Gasteiger partial charge in [-0.05, 0) is 31.4 Å². The number of fused-ring (bicyclic) bond motifs is 1. The Bertz CT molecular complexity index is 1030. The summed E-state index contributed by atoms with van der Waals surface area (Å²) in [5, 5.41) is 15.2. The summed E-state index contributed by atoms with van der Waals surface area (Å²) >= 11 is 5.49. The molecule has 11 heteroatoms. The number of hydrogen-bond acceptors (Lipinski definition) is 7. The molecule has 6 atom stereocenters. The van der Waals surface area contributed by atoms with Gasteiger partial charge < -0.3 is 25.4 Å². The topological polar surface area (TPSA) is 111 Å². The fourth-order valence-electron chi connectivity index (χ4n) is 6.72. The Kier molecular flexibility index (Phi) is 9.54. The third-order valence-electron chi connectivity index (χ3n) is 8.52. The van der Waals surface area contributed by atoms with E-state index in [4.69, 9.17) is 9.84 Å². The molecule has 0 saturated carbocycles. The maximum Gasteiger partial charge on any atom is 0.244 e. The van der Waals surface area contributed by atoms with Crippen molar-refractivity contribution in [2.24, 2.45) is 11.8 Å². The molecule has 4 fully saturated rings. The summed E-state index contributed by atoms with van der Waals surface area (Å²) in [6, 6.07) is 8.72. The average Bonchev–Trinajstić information content (AvgIpc) is 3.53. The highest BCUT2D eigenvalue weighted by atomic mass is 79.9. The summed E-state index contributed by atoms with van der Waals surface area (Å²) in [6.45, 7) is 5.01. The summed E-state index contributed by atoms with van der Waals surface area (Å²) < 4.78 is 4.79.